The van der Waals surface area contributed by atoms with E-state index in [0.29, 0.717) is 18.6 Å². The van der Waals surface area contributed by atoms with Crippen molar-refractivity contribution in [2.45, 2.75) is 26.3 Å². The van der Waals surface area contributed by atoms with E-state index < -0.39 is 5.24 Å². The van der Waals surface area contributed by atoms with Gasteiger partial charge in [-0.25, -0.2) is 9.50 Å². The molecule has 0 atom stereocenters. The van der Waals surface area contributed by atoms with Gasteiger partial charge in [-0.1, -0.05) is 0 Å². The molecule has 1 amide bonds. The molecule has 3 heterocycles. The van der Waals surface area contributed by atoms with E-state index in [1.165, 1.54) is 0 Å². The van der Waals surface area contributed by atoms with Gasteiger partial charge in [-0.15, -0.1) is 0 Å². The summed E-state index contributed by atoms with van der Waals surface area (Å²) < 4.78 is 4.23. The lowest BCUT2D eigenvalue weighted by molar-refractivity contribution is -0.111. The summed E-state index contributed by atoms with van der Waals surface area (Å²) in [5.74, 6) is -0.332. The van der Waals surface area contributed by atoms with Crippen LogP contribution in [-0.2, 0) is 11.3 Å². The van der Waals surface area contributed by atoms with Gasteiger partial charge in [0, 0.05) is 38.0 Å². The van der Waals surface area contributed by atoms with Gasteiger partial charge in [0.15, 0.2) is 11.3 Å². The minimum Gasteiger partial charge on any atom is -0.351 e. The second-order valence-electron chi connectivity index (χ2n) is 5.53. The number of carbonyl (C=O) groups is 2. The molecule has 0 saturated carbocycles. The molecule has 0 fully saturated rings. The number of rotatable bonds is 7. The molecular weight excluding hydrogens is 424 g/mol. The van der Waals surface area contributed by atoms with Crippen LogP contribution in [0, 0.1) is 0 Å². The van der Waals surface area contributed by atoms with Crippen LogP contribution in [0.15, 0.2) is 29.0 Å². The molecule has 0 bridgehead atoms. The van der Waals surface area contributed by atoms with E-state index in [0.717, 1.165) is 22.4 Å². The average molecular weight is 440 g/mol. The Morgan fingerprint density at radius 1 is 1.35 bits per heavy atom. The minimum atomic E-state index is -0.419. The fourth-order valence-corrected chi connectivity index (χ4v) is 3.09. The Morgan fingerprint density at radius 3 is 2.85 bits per heavy atom. The van der Waals surface area contributed by atoms with E-state index >= 15 is 0 Å². The number of fused-ring (bicyclic) bond motifs is 1. The van der Waals surface area contributed by atoms with Crippen LogP contribution in [0.4, 0.5) is 0 Å². The number of halogens is 2. The molecule has 3 aromatic heterocycles. The Labute approximate surface area is 162 Å². The summed E-state index contributed by atoms with van der Waals surface area (Å²) in [6, 6.07) is 3.40. The summed E-state index contributed by atoms with van der Waals surface area (Å²) in [4.78, 5) is 27.2. The quantitative estimate of drug-likeness (QED) is 0.451. The maximum atomic E-state index is 12.3. The second kappa shape index (κ2) is 7.96. The summed E-state index contributed by atoms with van der Waals surface area (Å²) in [6.45, 7) is 3.09. The van der Waals surface area contributed by atoms with Crippen LogP contribution in [0.3, 0.4) is 0 Å². The van der Waals surface area contributed by atoms with Gasteiger partial charge in [0.25, 0.3) is 5.91 Å². The van der Waals surface area contributed by atoms with Crippen molar-refractivity contribution in [1.29, 1.82) is 0 Å². The molecule has 0 saturated heterocycles. The van der Waals surface area contributed by atoms with Crippen molar-refractivity contribution in [2.75, 3.05) is 6.54 Å². The number of nitrogens with one attached hydrogen (secondary N) is 1. The SMILES string of the molecule is CCn1cc(Br)c(-c2ccnc3cc(C(=O)NCCCC(=O)Cl)nn23)n1. The highest BCUT2D eigenvalue weighted by Crippen LogP contribution is 2.26. The molecule has 0 aromatic carbocycles. The number of nitrogens with zero attached hydrogens (tertiary/aromatic N) is 5. The standard InChI is InChI=1S/C16H16BrClN6O2/c1-2-23-9-10(17)15(22-23)12-5-7-19-14-8-11(21-24(12)14)16(26)20-6-3-4-13(18)25/h5,7-9H,2-4,6H2,1H3,(H,20,26). The lowest BCUT2D eigenvalue weighted by Crippen LogP contribution is -2.25. The maximum Gasteiger partial charge on any atom is 0.271 e. The van der Waals surface area contributed by atoms with Crippen molar-refractivity contribution < 1.29 is 9.59 Å². The first-order chi connectivity index (χ1) is 12.5. The van der Waals surface area contributed by atoms with Crippen molar-refractivity contribution in [1.82, 2.24) is 29.7 Å². The highest BCUT2D eigenvalue weighted by atomic mass is 79.9. The van der Waals surface area contributed by atoms with Crippen LogP contribution in [-0.4, -0.2) is 42.1 Å². The molecule has 1 N–H and O–H groups in total. The topological polar surface area (TPSA) is 94.2 Å². The highest BCUT2D eigenvalue weighted by molar-refractivity contribution is 9.10. The number of amides is 1. The molecule has 0 aliphatic carbocycles. The number of hydrogen-bond acceptors (Lipinski definition) is 5. The van der Waals surface area contributed by atoms with Crippen LogP contribution in [0.5, 0.6) is 0 Å². The van der Waals surface area contributed by atoms with Crippen molar-refractivity contribution in [3.8, 4) is 11.4 Å². The predicted molar refractivity (Wildman–Crippen MR) is 100 cm³/mol. The van der Waals surface area contributed by atoms with E-state index in [4.69, 9.17) is 11.6 Å². The van der Waals surface area contributed by atoms with Crippen LogP contribution >= 0.6 is 27.5 Å². The van der Waals surface area contributed by atoms with Crippen LogP contribution in [0.2, 0.25) is 0 Å². The number of aromatic nitrogens is 5. The predicted octanol–water partition coefficient (Wildman–Crippen LogP) is 2.65. The smallest absolute Gasteiger partial charge is 0.271 e. The molecule has 136 valence electrons. The van der Waals surface area contributed by atoms with E-state index in [2.05, 4.69) is 36.4 Å². The Hall–Kier alpha value is -2.26. The van der Waals surface area contributed by atoms with Crippen LogP contribution < -0.4 is 5.32 Å². The van der Waals surface area contributed by atoms with Gasteiger partial charge < -0.3 is 5.32 Å². The zero-order chi connectivity index (χ0) is 18.7. The number of hydrogen-bond donors (Lipinski definition) is 1. The van der Waals surface area contributed by atoms with Crippen LogP contribution in [0.25, 0.3) is 17.0 Å². The second-order valence-corrected chi connectivity index (χ2v) is 6.80. The van der Waals surface area contributed by atoms with Gasteiger partial charge in [0.1, 0.15) is 5.69 Å². The zero-order valence-electron chi connectivity index (χ0n) is 13.9. The van der Waals surface area contributed by atoms with Gasteiger partial charge in [0.2, 0.25) is 5.24 Å². The van der Waals surface area contributed by atoms with Crippen molar-refractivity contribution in [3.05, 3.63) is 34.7 Å². The fourth-order valence-electron chi connectivity index (χ4n) is 2.44. The first-order valence-corrected chi connectivity index (χ1v) is 9.21. The van der Waals surface area contributed by atoms with Gasteiger partial charge in [0.05, 0.1) is 10.2 Å². The first-order valence-electron chi connectivity index (χ1n) is 8.04. The van der Waals surface area contributed by atoms with Gasteiger partial charge >= 0.3 is 0 Å². The van der Waals surface area contributed by atoms with E-state index in [1.54, 1.807) is 27.5 Å². The third-order valence-corrected chi connectivity index (χ3v) is 4.48. The average Bonchev–Trinajstić information content (AvgIpc) is 3.21. The molecule has 0 aliphatic rings. The molecular formula is C16H16BrClN6O2. The largest absolute Gasteiger partial charge is 0.351 e. The molecule has 3 aromatic rings. The summed E-state index contributed by atoms with van der Waals surface area (Å²) >= 11 is 8.78. The molecule has 0 spiro atoms. The molecule has 26 heavy (non-hydrogen) atoms. The highest BCUT2D eigenvalue weighted by Gasteiger charge is 2.17. The molecule has 0 radical (unpaired) electrons. The summed E-state index contributed by atoms with van der Waals surface area (Å²) in [7, 11) is 0. The number of aryl methyl sites for hydroxylation is 1. The van der Waals surface area contributed by atoms with Gasteiger partial charge in [-0.3, -0.25) is 14.3 Å². The molecule has 3 rings (SSSR count). The Bertz CT molecular complexity index is 967. The Morgan fingerprint density at radius 2 is 2.15 bits per heavy atom. The molecule has 10 heteroatoms. The monoisotopic (exact) mass is 438 g/mol. The lowest BCUT2D eigenvalue weighted by Gasteiger charge is -2.02. The molecule has 0 unspecified atom stereocenters. The first kappa shape index (κ1) is 18.5. The Kier molecular flexibility index (Phi) is 5.67. The molecule has 0 aliphatic heterocycles. The van der Waals surface area contributed by atoms with Crippen molar-refractivity contribution in [3.63, 3.8) is 0 Å². The minimum absolute atomic E-state index is 0.215. The van der Waals surface area contributed by atoms with Gasteiger partial charge in [-0.05, 0) is 46.9 Å². The van der Waals surface area contributed by atoms with E-state index in [-0.39, 0.29) is 18.0 Å². The summed E-state index contributed by atoms with van der Waals surface area (Å²) in [5, 5.41) is 11.2. The van der Waals surface area contributed by atoms with Crippen molar-refractivity contribution in [2.24, 2.45) is 0 Å². The molecule has 8 nitrogen and oxygen atoms in total. The Balaban J connectivity index is 1.86. The summed E-state index contributed by atoms with van der Waals surface area (Å²) in [6.07, 6.45) is 4.23. The normalized spacial score (nSPS) is 11.0. The van der Waals surface area contributed by atoms with Crippen LogP contribution in [0.1, 0.15) is 30.3 Å². The lowest BCUT2D eigenvalue weighted by atomic mass is 10.3. The summed E-state index contributed by atoms with van der Waals surface area (Å²) in [5.41, 5.74) is 2.23. The number of carbonyl (C=O) groups excluding carboxylic acids is 2. The third-order valence-electron chi connectivity index (χ3n) is 3.71. The third kappa shape index (κ3) is 3.94. The fraction of sp³-hybridized carbons (Fsp3) is 0.312. The van der Waals surface area contributed by atoms with E-state index in [1.807, 2.05) is 13.1 Å². The maximum absolute atomic E-state index is 12.3. The van der Waals surface area contributed by atoms with Gasteiger partial charge in [-0.2, -0.15) is 10.2 Å². The van der Waals surface area contributed by atoms with E-state index in [9.17, 15) is 9.59 Å². The van der Waals surface area contributed by atoms with Crippen molar-refractivity contribution >= 4 is 44.3 Å². The zero-order valence-corrected chi connectivity index (χ0v) is 16.3.